The number of rotatable bonds is 9. The molecule has 0 saturated heterocycles. The maximum absolute atomic E-state index is 12.4. The number of esters is 1. The highest BCUT2D eigenvalue weighted by Gasteiger charge is 2.18. The van der Waals surface area contributed by atoms with Crippen molar-refractivity contribution in [2.24, 2.45) is 5.92 Å². The molecule has 0 aliphatic heterocycles. The maximum atomic E-state index is 12.4. The van der Waals surface area contributed by atoms with Crippen LogP contribution in [0, 0.1) is 5.92 Å². The Labute approximate surface area is 183 Å². The fraction of sp³-hybridized carbons (Fsp3) is 0.318. The second-order valence-corrected chi connectivity index (χ2v) is 7.50. The van der Waals surface area contributed by atoms with Gasteiger partial charge in [0, 0.05) is 17.2 Å². The van der Waals surface area contributed by atoms with Crippen molar-refractivity contribution in [1.82, 2.24) is 0 Å². The number of ether oxygens (including phenoxy) is 3. The van der Waals surface area contributed by atoms with E-state index in [1.54, 1.807) is 44.2 Å². The van der Waals surface area contributed by atoms with E-state index in [1.165, 1.54) is 13.2 Å². The van der Waals surface area contributed by atoms with Crippen LogP contribution in [-0.4, -0.2) is 38.0 Å². The predicted molar refractivity (Wildman–Crippen MR) is 116 cm³/mol. The van der Waals surface area contributed by atoms with Gasteiger partial charge in [0.25, 0.3) is 0 Å². The number of methoxy groups -OCH3 is 1. The molecule has 0 aromatic heterocycles. The van der Waals surface area contributed by atoms with E-state index in [4.69, 9.17) is 14.2 Å². The summed E-state index contributed by atoms with van der Waals surface area (Å²) in [6.45, 7) is 5.45. The normalized spacial score (nSPS) is 10.5. The smallest absolute Gasteiger partial charge is 0.338 e. The Morgan fingerprint density at radius 1 is 1.07 bits per heavy atom. The summed E-state index contributed by atoms with van der Waals surface area (Å²) in [5, 5.41) is 2.75. The van der Waals surface area contributed by atoms with Crippen molar-refractivity contribution in [3.8, 4) is 11.5 Å². The molecule has 0 bridgehead atoms. The van der Waals surface area contributed by atoms with Gasteiger partial charge in [-0.3, -0.25) is 9.59 Å². The Morgan fingerprint density at radius 2 is 1.73 bits per heavy atom. The zero-order valence-corrected chi connectivity index (χ0v) is 18.9. The van der Waals surface area contributed by atoms with Gasteiger partial charge in [0.2, 0.25) is 5.91 Å². The quantitative estimate of drug-likeness (QED) is 0.422. The molecule has 2 rings (SSSR count). The first kappa shape index (κ1) is 23.4. The third-order valence-electron chi connectivity index (χ3n) is 4.09. The van der Waals surface area contributed by atoms with Crippen molar-refractivity contribution in [2.45, 2.75) is 20.8 Å². The molecule has 1 N–H and O–H groups in total. The molecule has 1 amide bonds. The standard InChI is InChI=1S/C22H24BrNO6/c1-5-29-20-17(23)10-15(11-19(20)28-4)22(27)30-12-18(25)14-6-8-16(9-7-14)24-21(26)13(2)3/h6-11,13H,5,12H2,1-4H3,(H,24,26). The molecule has 0 aliphatic rings. The third-order valence-corrected chi connectivity index (χ3v) is 4.68. The number of hydrogen-bond donors (Lipinski definition) is 1. The van der Waals surface area contributed by atoms with E-state index in [0.29, 0.717) is 33.8 Å². The number of hydrogen-bond acceptors (Lipinski definition) is 6. The van der Waals surface area contributed by atoms with Crippen LogP contribution in [0.2, 0.25) is 0 Å². The number of ketones is 1. The van der Waals surface area contributed by atoms with E-state index in [1.807, 2.05) is 6.92 Å². The summed E-state index contributed by atoms with van der Waals surface area (Å²) in [6, 6.07) is 9.44. The second kappa shape index (κ2) is 10.8. The lowest BCUT2D eigenvalue weighted by atomic mass is 10.1. The van der Waals surface area contributed by atoms with Crippen LogP contribution in [-0.2, 0) is 9.53 Å². The zero-order valence-electron chi connectivity index (χ0n) is 17.3. The predicted octanol–water partition coefficient (Wildman–Crippen LogP) is 4.49. The van der Waals surface area contributed by atoms with Gasteiger partial charge >= 0.3 is 5.97 Å². The lowest BCUT2D eigenvalue weighted by molar-refractivity contribution is -0.118. The fourth-order valence-corrected chi connectivity index (χ4v) is 3.00. The summed E-state index contributed by atoms with van der Waals surface area (Å²) >= 11 is 3.35. The Bertz CT molecular complexity index is 924. The van der Waals surface area contributed by atoms with Crippen LogP contribution in [0.5, 0.6) is 11.5 Å². The number of benzene rings is 2. The fourth-order valence-electron chi connectivity index (χ4n) is 2.45. The minimum absolute atomic E-state index is 0.111. The van der Waals surface area contributed by atoms with E-state index in [2.05, 4.69) is 21.2 Å². The van der Waals surface area contributed by atoms with Gasteiger partial charge in [-0.15, -0.1) is 0 Å². The van der Waals surface area contributed by atoms with Crippen molar-refractivity contribution in [3.63, 3.8) is 0 Å². The van der Waals surface area contributed by atoms with Gasteiger partial charge in [-0.05, 0) is 59.3 Å². The number of amides is 1. The van der Waals surface area contributed by atoms with Crippen molar-refractivity contribution in [3.05, 3.63) is 52.0 Å². The minimum atomic E-state index is -0.661. The van der Waals surface area contributed by atoms with Crippen molar-refractivity contribution in [2.75, 3.05) is 25.6 Å². The van der Waals surface area contributed by atoms with Crippen molar-refractivity contribution >= 4 is 39.3 Å². The maximum Gasteiger partial charge on any atom is 0.338 e. The van der Waals surface area contributed by atoms with Crippen LogP contribution >= 0.6 is 15.9 Å². The number of carbonyl (C=O) groups excluding carboxylic acids is 3. The zero-order chi connectivity index (χ0) is 22.3. The summed E-state index contributed by atoms with van der Waals surface area (Å²) in [4.78, 5) is 36.4. The summed E-state index contributed by atoms with van der Waals surface area (Å²) < 4.78 is 16.4. The Hall–Kier alpha value is -2.87. The number of nitrogens with one attached hydrogen (secondary N) is 1. The molecule has 0 spiro atoms. The molecule has 0 unspecified atom stereocenters. The summed E-state index contributed by atoms with van der Waals surface area (Å²) in [7, 11) is 1.47. The van der Waals surface area contributed by atoms with Crippen molar-refractivity contribution < 1.29 is 28.6 Å². The molecule has 2 aromatic carbocycles. The SMILES string of the molecule is CCOc1c(Br)cc(C(=O)OCC(=O)c2ccc(NC(=O)C(C)C)cc2)cc1OC. The van der Waals surface area contributed by atoms with Gasteiger partial charge in [0.1, 0.15) is 0 Å². The lowest BCUT2D eigenvalue weighted by Crippen LogP contribution is -2.18. The van der Waals surface area contributed by atoms with E-state index in [-0.39, 0.29) is 23.2 Å². The van der Waals surface area contributed by atoms with E-state index < -0.39 is 12.6 Å². The first-order valence-electron chi connectivity index (χ1n) is 9.38. The first-order valence-corrected chi connectivity index (χ1v) is 10.2. The topological polar surface area (TPSA) is 90.9 Å². The van der Waals surface area contributed by atoms with Crippen LogP contribution < -0.4 is 14.8 Å². The van der Waals surface area contributed by atoms with Gasteiger partial charge in [-0.1, -0.05) is 13.8 Å². The molecule has 160 valence electrons. The highest BCUT2D eigenvalue weighted by molar-refractivity contribution is 9.10. The van der Waals surface area contributed by atoms with Gasteiger partial charge in [0.05, 0.1) is 23.8 Å². The summed E-state index contributed by atoms with van der Waals surface area (Å²) in [5.41, 5.74) is 1.19. The van der Waals surface area contributed by atoms with Crippen LogP contribution in [0.25, 0.3) is 0 Å². The molecule has 0 fully saturated rings. The van der Waals surface area contributed by atoms with Crippen LogP contribution in [0.3, 0.4) is 0 Å². The van der Waals surface area contributed by atoms with Gasteiger partial charge in [-0.25, -0.2) is 4.79 Å². The molecule has 7 nitrogen and oxygen atoms in total. The Balaban J connectivity index is 2.01. The van der Waals surface area contributed by atoms with Gasteiger partial charge < -0.3 is 19.5 Å². The Kier molecular flexibility index (Phi) is 8.41. The highest BCUT2D eigenvalue weighted by atomic mass is 79.9. The second-order valence-electron chi connectivity index (χ2n) is 6.64. The summed E-state index contributed by atoms with van der Waals surface area (Å²) in [6.07, 6.45) is 0. The third kappa shape index (κ3) is 6.06. The summed E-state index contributed by atoms with van der Waals surface area (Å²) in [5.74, 6) is -0.416. The Morgan fingerprint density at radius 3 is 2.30 bits per heavy atom. The molecule has 8 heteroatoms. The van der Waals surface area contributed by atoms with E-state index in [0.717, 1.165) is 0 Å². The number of anilines is 1. The minimum Gasteiger partial charge on any atom is -0.493 e. The number of carbonyl (C=O) groups is 3. The highest BCUT2D eigenvalue weighted by Crippen LogP contribution is 2.36. The van der Waals surface area contributed by atoms with E-state index in [9.17, 15) is 14.4 Å². The number of Topliss-reactive ketones (excluding diaryl/α,β-unsaturated/α-hetero) is 1. The average molecular weight is 478 g/mol. The molecule has 0 atom stereocenters. The van der Waals surface area contributed by atoms with Crippen LogP contribution in [0.1, 0.15) is 41.5 Å². The van der Waals surface area contributed by atoms with Gasteiger partial charge in [-0.2, -0.15) is 0 Å². The van der Waals surface area contributed by atoms with E-state index >= 15 is 0 Å². The first-order chi connectivity index (χ1) is 14.3. The van der Waals surface area contributed by atoms with Crippen LogP contribution in [0.15, 0.2) is 40.9 Å². The average Bonchev–Trinajstić information content (AvgIpc) is 2.73. The molecule has 30 heavy (non-hydrogen) atoms. The monoisotopic (exact) mass is 477 g/mol. The molecular weight excluding hydrogens is 454 g/mol. The van der Waals surface area contributed by atoms with Crippen LogP contribution in [0.4, 0.5) is 5.69 Å². The molecular formula is C22H24BrNO6. The van der Waals surface area contributed by atoms with Crippen molar-refractivity contribution in [1.29, 1.82) is 0 Å². The molecule has 0 aliphatic carbocycles. The number of halogens is 1. The molecule has 0 heterocycles. The lowest BCUT2D eigenvalue weighted by Gasteiger charge is -2.13. The molecule has 0 saturated carbocycles. The van der Waals surface area contributed by atoms with Gasteiger partial charge in [0.15, 0.2) is 23.9 Å². The largest absolute Gasteiger partial charge is 0.493 e. The molecule has 0 radical (unpaired) electrons. The molecule has 2 aromatic rings.